The molecule has 1 aliphatic carbocycles. The Hall–Kier alpha value is -1.93. The van der Waals surface area contributed by atoms with E-state index in [1.165, 1.54) is 24.5 Å². The molecule has 1 aromatic carbocycles. The fourth-order valence-corrected chi connectivity index (χ4v) is 2.96. The Labute approximate surface area is 147 Å². The van der Waals surface area contributed by atoms with Crippen LogP contribution < -0.4 is 0 Å². The number of hydrogen-bond donors (Lipinski definition) is 0. The molecule has 1 fully saturated rings. The third-order valence-electron chi connectivity index (χ3n) is 4.40. The van der Waals surface area contributed by atoms with Gasteiger partial charge in [-0.2, -0.15) is 0 Å². The number of allylic oxidation sites excluding steroid dienone is 7. The molecular weight excluding hydrogens is 321 g/mol. The summed E-state index contributed by atoms with van der Waals surface area (Å²) >= 11 is 6.28. The highest BCUT2D eigenvalue weighted by atomic mass is 35.5. The topological polar surface area (TPSA) is 12.4 Å². The Morgan fingerprint density at radius 2 is 2.12 bits per heavy atom. The first-order valence-electron chi connectivity index (χ1n) is 8.25. The highest BCUT2D eigenvalue weighted by Gasteiger charge is 2.28. The summed E-state index contributed by atoms with van der Waals surface area (Å²) in [5, 5.41) is 0.621. The van der Waals surface area contributed by atoms with Crippen molar-refractivity contribution in [1.82, 2.24) is 0 Å². The molecule has 1 heterocycles. The number of hydrogen-bond acceptors (Lipinski definition) is 1. The molecule has 3 heteroatoms. The molecule has 1 nitrogen and oxygen atoms in total. The summed E-state index contributed by atoms with van der Waals surface area (Å²) in [7, 11) is 0. The highest BCUT2D eigenvalue weighted by molar-refractivity contribution is 6.32. The highest BCUT2D eigenvalue weighted by Crippen LogP contribution is 2.41. The van der Waals surface area contributed by atoms with Crippen LogP contribution in [0.2, 0.25) is 0 Å². The van der Waals surface area contributed by atoms with Gasteiger partial charge in [-0.3, -0.25) is 0 Å². The van der Waals surface area contributed by atoms with Gasteiger partial charge in [0.15, 0.2) is 0 Å². The Bertz CT molecular complexity index is 807. The Morgan fingerprint density at radius 3 is 2.75 bits per heavy atom. The van der Waals surface area contributed by atoms with Crippen LogP contribution in [0.5, 0.6) is 0 Å². The summed E-state index contributed by atoms with van der Waals surface area (Å²) < 4.78 is 13.6. The molecule has 1 aliphatic heterocycles. The minimum Gasteiger partial charge on any atom is -0.248 e. The Morgan fingerprint density at radius 1 is 1.38 bits per heavy atom. The molecule has 0 aromatic heterocycles. The lowest BCUT2D eigenvalue weighted by molar-refractivity contribution is 0.626. The van der Waals surface area contributed by atoms with Gasteiger partial charge in [0, 0.05) is 5.03 Å². The average Bonchev–Trinajstić information content (AvgIpc) is 3.37. The van der Waals surface area contributed by atoms with Crippen LogP contribution in [-0.2, 0) is 6.42 Å². The van der Waals surface area contributed by atoms with Crippen LogP contribution >= 0.6 is 11.6 Å². The van der Waals surface area contributed by atoms with Crippen LogP contribution in [0.4, 0.5) is 10.1 Å². The SMILES string of the molecule is C=C(C)/C(Cl)=C\C(=C/C)C1=Nc2ccc(F)cc2CC(C2CC2)=C1. The van der Waals surface area contributed by atoms with Crippen LogP contribution in [0, 0.1) is 11.7 Å². The first-order valence-corrected chi connectivity index (χ1v) is 8.63. The molecule has 0 unspecified atom stereocenters. The zero-order valence-electron chi connectivity index (χ0n) is 14.1. The van der Waals surface area contributed by atoms with E-state index in [0.29, 0.717) is 11.0 Å². The normalized spacial score (nSPS) is 18.5. The van der Waals surface area contributed by atoms with E-state index in [-0.39, 0.29) is 5.82 Å². The maximum Gasteiger partial charge on any atom is 0.123 e. The summed E-state index contributed by atoms with van der Waals surface area (Å²) in [5.74, 6) is 0.391. The minimum absolute atomic E-state index is 0.209. The smallest absolute Gasteiger partial charge is 0.123 e. The van der Waals surface area contributed by atoms with Crippen molar-refractivity contribution < 1.29 is 4.39 Å². The van der Waals surface area contributed by atoms with Crippen molar-refractivity contribution in [1.29, 1.82) is 0 Å². The zero-order valence-corrected chi connectivity index (χ0v) is 14.8. The summed E-state index contributed by atoms with van der Waals surface area (Å²) in [6.07, 6.45) is 9.23. The minimum atomic E-state index is -0.209. The fraction of sp³-hybridized carbons (Fsp3) is 0.286. The lowest BCUT2D eigenvalue weighted by Crippen LogP contribution is -2.00. The number of benzene rings is 1. The first kappa shape index (κ1) is 16.9. The van der Waals surface area contributed by atoms with E-state index in [1.54, 1.807) is 12.1 Å². The van der Waals surface area contributed by atoms with Crippen LogP contribution in [0.1, 0.15) is 32.3 Å². The molecule has 24 heavy (non-hydrogen) atoms. The number of rotatable bonds is 4. The molecule has 0 N–H and O–H groups in total. The van der Waals surface area contributed by atoms with Gasteiger partial charge in [0.2, 0.25) is 0 Å². The second-order valence-corrected chi connectivity index (χ2v) is 6.86. The molecule has 0 saturated heterocycles. The molecule has 0 atom stereocenters. The molecule has 0 amide bonds. The molecular formula is C21H21ClFN. The molecule has 0 bridgehead atoms. The quantitative estimate of drug-likeness (QED) is 0.559. The maximum atomic E-state index is 13.6. The summed E-state index contributed by atoms with van der Waals surface area (Å²) in [6.45, 7) is 7.73. The van der Waals surface area contributed by atoms with Gasteiger partial charge in [-0.1, -0.05) is 29.8 Å². The van der Waals surface area contributed by atoms with E-state index >= 15 is 0 Å². The lowest BCUT2D eigenvalue weighted by Gasteiger charge is -2.06. The van der Waals surface area contributed by atoms with Gasteiger partial charge in [-0.25, -0.2) is 9.38 Å². The van der Waals surface area contributed by atoms with Crippen LogP contribution in [0.15, 0.2) is 69.8 Å². The van der Waals surface area contributed by atoms with E-state index in [9.17, 15) is 4.39 Å². The van der Waals surface area contributed by atoms with E-state index < -0.39 is 0 Å². The van der Waals surface area contributed by atoms with E-state index in [1.807, 2.05) is 26.0 Å². The molecule has 2 aliphatic rings. The van der Waals surface area contributed by atoms with Crippen molar-refractivity contribution >= 4 is 23.0 Å². The van der Waals surface area contributed by atoms with Gasteiger partial charge < -0.3 is 0 Å². The molecule has 0 spiro atoms. The second-order valence-electron chi connectivity index (χ2n) is 6.46. The Balaban J connectivity index is 2.09. The number of fused-ring (bicyclic) bond motifs is 1. The van der Waals surface area contributed by atoms with Crippen molar-refractivity contribution in [3.63, 3.8) is 0 Å². The van der Waals surface area contributed by atoms with E-state index in [0.717, 1.165) is 34.5 Å². The summed E-state index contributed by atoms with van der Waals surface area (Å²) in [6, 6.07) is 4.82. The second kappa shape index (κ2) is 6.90. The zero-order chi connectivity index (χ0) is 17.3. The fourth-order valence-electron chi connectivity index (χ4n) is 2.84. The Kier molecular flexibility index (Phi) is 4.86. The summed E-state index contributed by atoms with van der Waals surface area (Å²) in [5.41, 5.74) is 5.77. The predicted octanol–water partition coefficient (Wildman–Crippen LogP) is 6.44. The molecule has 1 aromatic rings. The van der Waals surface area contributed by atoms with Crippen molar-refractivity contribution in [2.75, 3.05) is 0 Å². The van der Waals surface area contributed by atoms with Gasteiger partial charge in [0.25, 0.3) is 0 Å². The lowest BCUT2D eigenvalue weighted by atomic mass is 9.98. The van der Waals surface area contributed by atoms with Crippen molar-refractivity contribution in [3.05, 3.63) is 76.1 Å². The van der Waals surface area contributed by atoms with Gasteiger partial charge in [0.1, 0.15) is 5.82 Å². The van der Waals surface area contributed by atoms with Crippen LogP contribution in [0.25, 0.3) is 0 Å². The van der Waals surface area contributed by atoms with Gasteiger partial charge in [0.05, 0.1) is 11.4 Å². The molecule has 124 valence electrons. The van der Waals surface area contributed by atoms with Crippen molar-refractivity contribution in [2.45, 2.75) is 33.1 Å². The third kappa shape index (κ3) is 3.76. The van der Waals surface area contributed by atoms with Crippen molar-refractivity contribution in [3.8, 4) is 0 Å². The van der Waals surface area contributed by atoms with Gasteiger partial charge in [-0.15, -0.1) is 0 Å². The summed E-state index contributed by atoms with van der Waals surface area (Å²) in [4.78, 5) is 4.80. The van der Waals surface area contributed by atoms with Crippen LogP contribution in [0.3, 0.4) is 0 Å². The molecule has 0 radical (unpaired) electrons. The van der Waals surface area contributed by atoms with Crippen molar-refractivity contribution in [2.24, 2.45) is 10.9 Å². The number of nitrogens with zero attached hydrogens (tertiary/aromatic N) is 1. The van der Waals surface area contributed by atoms with Crippen LogP contribution in [-0.4, -0.2) is 5.71 Å². The van der Waals surface area contributed by atoms with E-state index in [4.69, 9.17) is 16.6 Å². The maximum absolute atomic E-state index is 13.6. The van der Waals surface area contributed by atoms with E-state index in [2.05, 4.69) is 12.7 Å². The standard InChI is InChI=1S/C21H21ClFN/c1-4-14(11-19(22)13(2)3)21-12-16(15-5-6-15)9-17-10-18(23)7-8-20(17)24-21/h4,7-8,10-12,15H,2,5-6,9H2,1,3H3/b14-4+,19-11+. The number of halogens is 2. The predicted molar refractivity (Wildman–Crippen MR) is 101 cm³/mol. The average molecular weight is 342 g/mol. The first-order chi connectivity index (χ1) is 11.5. The largest absolute Gasteiger partial charge is 0.248 e. The molecule has 1 saturated carbocycles. The molecule has 3 rings (SSSR count). The third-order valence-corrected chi connectivity index (χ3v) is 4.83. The van der Waals surface area contributed by atoms with Gasteiger partial charge >= 0.3 is 0 Å². The number of aliphatic imine (C=N–C) groups is 1. The monoisotopic (exact) mass is 341 g/mol. The van der Waals surface area contributed by atoms with Gasteiger partial charge in [-0.05, 0) is 86.1 Å².